The Morgan fingerprint density at radius 1 is 1.60 bits per heavy atom. The van der Waals surface area contributed by atoms with Gasteiger partial charge in [0.05, 0.1) is 30.8 Å². The number of hydrogen-bond acceptors (Lipinski definition) is 5. The van der Waals surface area contributed by atoms with Gasteiger partial charge in [0.15, 0.2) is 0 Å². The molecule has 1 unspecified atom stereocenters. The maximum atomic E-state index is 12.4. The third-order valence-corrected chi connectivity index (χ3v) is 3.35. The standard InChI is InChI=1S/C13H16N2O5/c1-9-2-3-10(6-12(9)15(18)19)13(17)14-4-5-20-8-11(14)7-16/h2-3,6,11,16H,4-5,7-8H2,1H3. The molecule has 1 aromatic carbocycles. The molecule has 1 aliphatic heterocycles. The number of carbonyl (C=O) groups excluding carboxylic acids is 1. The summed E-state index contributed by atoms with van der Waals surface area (Å²) < 4.78 is 5.21. The molecule has 20 heavy (non-hydrogen) atoms. The lowest BCUT2D eigenvalue weighted by Crippen LogP contribution is -2.50. The molecule has 1 atom stereocenters. The first kappa shape index (κ1) is 14.4. The molecule has 1 aliphatic rings. The molecular weight excluding hydrogens is 264 g/mol. The highest BCUT2D eigenvalue weighted by Gasteiger charge is 2.28. The van der Waals surface area contributed by atoms with Crippen LogP contribution in [0.3, 0.4) is 0 Å². The maximum Gasteiger partial charge on any atom is 0.273 e. The number of carbonyl (C=O) groups is 1. The summed E-state index contributed by atoms with van der Waals surface area (Å²) >= 11 is 0. The zero-order chi connectivity index (χ0) is 14.7. The van der Waals surface area contributed by atoms with Gasteiger partial charge in [0, 0.05) is 23.7 Å². The maximum absolute atomic E-state index is 12.4. The average Bonchev–Trinajstić information content (AvgIpc) is 2.46. The number of rotatable bonds is 3. The van der Waals surface area contributed by atoms with Crippen molar-refractivity contribution in [1.29, 1.82) is 0 Å². The molecule has 1 heterocycles. The summed E-state index contributed by atoms with van der Waals surface area (Å²) in [5.74, 6) is -0.324. The van der Waals surface area contributed by atoms with Crippen LogP contribution in [0, 0.1) is 17.0 Å². The van der Waals surface area contributed by atoms with Gasteiger partial charge in [-0.1, -0.05) is 6.07 Å². The van der Waals surface area contributed by atoms with E-state index in [2.05, 4.69) is 0 Å². The molecule has 0 radical (unpaired) electrons. The van der Waals surface area contributed by atoms with E-state index < -0.39 is 11.0 Å². The van der Waals surface area contributed by atoms with E-state index in [-0.39, 0.29) is 30.4 Å². The van der Waals surface area contributed by atoms with Crippen LogP contribution in [-0.2, 0) is 4.74 Å². The van der Waals surface area contributed by atoms with Gasteiger partial charge in [-0.15, -0.1) is 0 Å². The Labute approximate surface area is 115 Å². The van der Waals surface area contributed by atoms with E-state index >= 15 is 0 Å². The highest BCUT2D eigenvalue weighted by atomic mass is 16.6. The minimum atomic E-state index is -0.505. The second-order valence-electron chi connectivity index (χ2n) is 4.67. The fraction of sp³-hybridized carbons (Fsp3) is 0.462. The van der Waals surface area contributed by atoms with Gasteiger partial charge >= 0.3 is 0 Å². The summed E-state index contributed by atoms with van der Waals surface area (Å²) in [6.07, 6.45) is 0. The third-order valence-electron chi connectivity index (χ3n) is 3.35. The van der Waals surface area contributed by atoms with E-state index in [1.165, 1.54) is 11.0 Å². The van der Waals surface area contributed by atoms with Crippen molar-refractivity contribution in [2.24, 2.45) is 0 Å². The van der Waals surface area contributed by atoms with Crippen molar-refractivity contribution in [3.05, 3.63) is 39.4 Å². The lowest BCUT2D eigenvalue weighted by atomic mass is 10.1. The number of ether oxygens (including phenoxy) is 1. The SMILES string of the molecule is Cc1ccc(C(=O)N2CCOCC2CO)cc1[N+](=O)[O-]. The molecule has 7 nitrogen and oxygen atoms in total. The van der Waals surface area contributed by atoms with Gasteiger partial charge in [-0.05, 0) is 13.0 Å². The number of nitrogens with zero attached hydrogens (tertiary/aromatic N) is 2. The Hall–Kier alpha value is -1.99. The number of benzene rings is 1. The van der Waals surface area contributed by atoms with Crippen LogP contribution in [0.15, 0.2) is 18.2 Å². The Balaban J connectivity index is 2.28. The van der Waals surface area contributed by atoms with Gasteiger partial charge in [-0.2, -0.15) is 0 Å². The number of aliphatic hydroxyl groups is 1. The van der Waals surface area contributed by atoms with Gasteiger partial charge in [0.25, 0.3) is 11.6 Å². The van der Waals surface area contributed by atoms with E-state index in [0.29, 0.717) is 18.7 Å². The molecule has 1 fully saturated rings. The number of nitro groups is 1. The molecule has 0 aliphatic carbocycles. The first-order valence-electron chi connectivity index (χ1n) is 6.29. The van der Waals surface area contributed by atoms with Crippen molar-refractivity contribution in [2.75, 3.05) is 26.4 Å². The Kier molecular flexibility index (Phi) is 4.31. The molecule has 0 saturated carbocycles. The lowest BCUT2D eigenvalue weighted by molar-refractivity contribution is -0.385. The lowest BCUT2D eigenvalue weighted by Gasteiger charge is -2.34. The fourth-order valence-electron chi connectivity index (χ4n) is 2.18. The molecular formula is C13H16N2O5. The number of morpholine rings is 1. The molecule has 0 spiro atoms. The Morgan fingerprint density at radius 3 is 3.00 bits per heavy atom. The van der Waals surface area contributed by atoms with E-state index in [0.717, 1.165) is 0 Å². The van der Waals surface area contributed by atoms with Gasteiger partial charge in [0.1, 0.15) is 0 Å². The zero-order valence-electron chi connectivity index (χ0n) is 11.1. The van der Waals surface area contributed by atoms with E-state index in [4.69, 9.17) is 4.74 Å². The summed E-state index contributed by atoms with van der Waals surface area (Å²) in [7, 11) is 0. The number of aliphatic hydroxyl groups excluding tert-OH is 1. The number of aryl methyl sites for hydroxylation is 1. The van der Waals surface area contributed by atoms with Crippen molar-refractivity contribution >= 4 is 11.6 Å². The zero-order valence-corrected chi connectivity index (χ0v) is 11.1. The molecule has 7 heteroatoms. The van der Waals surface area contributed by atoms with Crippen molar-refractivity contribution in [1.82, 2.24) is 4.90 Å². The van der Waals surface area contributed by atoms with Crippen molar-refractivity contribution in [3.63, 3.8) is 0 Å². The smallest absolute Gasteiger partial charge is 0.273 e. The molecule has 1 aromatic rings. The predicted molar refractivity (Wildman–Crippen MR) is 70.6 cm³/mol. The minimum absolute atomic E-state index is 0.0790. The quantitative estimate of drug-likeness (QED) is 0.651. The van der Waals surface area contributed by atoms with Gasteiger partial charge in [-0.25, -0.2) is 0 Å². The van der Waals surface area contributed by atoms with Gasteiger partial charge in [-0.3, -0.25) is 14.9 Å². The van der Waals surface area contributed by atoms with Crippen LogP contribution in [0.1, 0.15) is 15.9 Å². The van der Waals surface area contributed by atoms with Crippen molar-refractivity contribution in [2.45, 2.75) is 13.0 Å². The second kappa shape index (κ2) is 5.98. The first-order valence-corrected chi connectivity index (χ1v) is 6.29. The molecule has 0 bridgehead atoms. The molecule has 1 saturated heterocycles. The summed E-state index contributed by atoms with van der Waals surface area (Å²) in [4.78, 5) is 24.3. The second-order valence-corrected chi connectivity index (χ2v) is 4.67. The monoisotopic (exact) mass is 280 g/mol. The Bertz CT molecular complexity index is 531. The number of amides is 1. The van der Waals surface area contributed by atoms with E-state index in [1.54, 1.807) is 19.1 Å². The van der Waals surface area contributed by atoms with Crippen LogP contribution in [0.4, 0.5) is 5.69 Å². The number of hydrogen-bond donors (Lipinski definition) is 1. The van der Waals surface area contributed by atoms with Gasteiger partial charge in [0.2, 0.25) is 0 Å². The van der Waals surface area contributed by atoms with Crippen molar-refractivity contribution < 1.29 is 19.6 Å². The summed E-state index contributed by atoms with van der Waals surface area (Å²) in [5, 5.41) is 20.2. The third kappa shape index (κ3) is 2.78. The fourth-order valence-corrected chi connectivity index (χ4v) is 2.18. The summed E-state index contributed by atoms with van der Waals surface area (Å²) in [6.45, 7) is 2.47. The average molecular weight is 280 g/mol. The molecule has 108 valence electrons. The van der Waals surface area contributed by atoms with Crippen molar-refractivity contribution in [3.8, 4) is 0 Å². The molecule has 1 amide bonds. The predicted octanol–water partition coefficient (Wildman–Crippen LogP) is 0.737. The topological polar surface area (TPSA) is 92.9 Å². The normalized spacial score (nSPS) is 18.9. The molecule has 2 rings (SSSR count). The van der Waals surface area contributed by atoms with Crippen LogP contribution >= 0.6 is 0 Å². The highest BCUT2D eigenvalue weighted by Crippen LogP contribution is 2.21. The van der Waals surface area contributed by atoms with Crippen LogP contribution in [0.2, 0.25) is 0 Å². The first-order chi connectivity index (χ1) is 9.54. The van der Waals surface area contributed by atoms with Crippen LogP contribution in [0.5, 0.6) is 0 Å². The van der Waals surface area contributed by atoms with E-state index in [9.17, 15) is 20.0 Å². The molecule has 1 N–H and O–H groups in total. The van der Waals surface area contributed by atoms with Crippen LogP contribution < -0.4 is 0 Å². The Morgan fingerprint density at radius 2 is 2.35 bits per heavy atom. The number of nitro benzene ring substituents is 1. The summed E-state index contributed by atoms with van der Waals surface area (Å²) in [6, 6.07) is 3.99. The van der Waals surface area contributed by atoms with E-state index in [1.807, 2.05) is 0 Å². The van der Waals surface area contributed by atoms with Crippen LogP contribution in [-0.4, -0.2) is 53.2 Å². The molecule has 0 aromatic heterocycles. The minimum Gasteiger partial charge on any atom is -0.394 e. The highest BCUT2D eigenvalue weighted by molar-refractivity contribution is 5.95. The summed E-state index contributed by atoms with van der Waals surface area (Å²) in [5.41, 5.74) is 0.680. The van der Waals surface area contributed by atoms with Crippen LogP contribution in [0.25, 0.3) is 0 Å². The largest absolute Gasteiger partial charge is 0.394 e. The van der Waals surface area contributed by atoms with Gasteiger partial charge < -0.3 is 14.7 Å².